The van der Waals surface area contributed by atoms with E-state index in [4.69, 9.17) is 11.6 Å². The van der Waals surface area contributed by atoms with Crippen molar-refractivity contribution < 1.29 is 13.2 Å². The Morgan fingerprint density at radius 2 is 2.20 bits per heavy atom. The quantitative estimate of drug-likeness (QED) is 0.796. The molecule has 1 fully saturated rings. The molecule has 1 aromatic rings. The molecule has 0 aromatic carbocycles. The van der Waals surface area contributed by atoms with Gasteiger partial charge in [-0.25, -0.2) is 13.4 Å². The van der Waals surface area contributed by atoms with Crippen LogP contribution in [0.5, 0.6) is 0 Å². The maximum absolute atomic E-state index is 12.5. The summed E-state index contributed by atoms with van der Waals surface area (Å²) in [5, 5.41) is 0.267. The van der Waals surface area contributed by atoms with Crippen LogP contribution in [0.4, 0.5) is 0 Å². The first-order valence-corrected chi connectivity index (χ1v) is 8.68. The summed E-state index contributed by atoms with van der Waals surface area (Å²) in [5.41, 5.74) is 1.12. The zero-order valence-corrected chi connectivity index (χ0v) is 13.0. The van der Waals surface area contributed by atoms with Crippen LogP contribution in [0, 0.1) is 6.92 Å². The van der Waals surface area contributed by atoms with E-state index in [-0.39, 0.29) is 28.6 Å². The lowest BCUT2D eigenvalue weighted by atomic mass is 10.1. The second-order valence-electron chi connectivity index (χ2n) is 4.97. The molecule has 0 aliphatic carbocycles. The Morgan fingerprint density at radius 1 is 1.50 bits per heavy atom. The van der Waals surface area contributed by atoms with E-state index in [1.165, 1.54) is 6.07 Å². The van der Waals surface area contributed by atoms with Gasteiger partial charge in [-0.2, -0.15) is 0 Å². The first kappa shape index (κ1) is 15.3. The molecule has 1 saturated heterocycles. The highest BCUT2D eigenvalue weighted by atomic mass is 35.5. The van der Waals surface area contributed by atoms with Crippen LogP contribution in [-0.2, 0) is 9.84 Å². The molecule has 0 bridgehead atoms. The summed E-state index contributed by atoms with van der Waals surface area (Å²) in [7, 11) is -3.01. The van der Waals surface area contributed by atoms with Crippen molar-refractivity contribution in [3.63, 3.8) is 0 Å². The van der Waals surface area contributed by atoms with E-state index in [0.29, 0.717) is 24.2 Å². The molecule has 110 valence electrons. The topological polar surface area (TPSA) is 67.3 Å². The molecule has 2 heterocycles. The van der Waals surface area contributed by atoms with Gasteiger partial charge in [0.2, 0.25) is 0 Å². The van der Waals surface area contributed by atoms with Gasteiger partial charge in [-0.3, -0.25) is 4.79 Å². The average Bonchev–Trinajstić information content (AvgIpc) is 2.69. The van der Waals surface area contributed by atoms with E-state index >= 15 is 0 Å². The van der Waals surface area contributed by atoms with Crippen molar-refractivity contribution >= 4 is 27.3 Å². The molecule has 1 aromatic heterocycles. The minimum atomic E-state index is -3.01. The van der Waals surface area contributed by atoms with Gasteiger partial charge in [0.1, 0.15) is 5.15 Å². The van der Waals surface area contributed by atoms with Crippen molar-refractivity contribution in [2.24, 2.45) is 0 Å². The summed E-state index contributed by atoms with van der Waals surface area (Å²) >= 11 is 5.87. The average molecular weight is 317 g/mol. The second kappa shape index (κ2) is 5.69. The molecule has 1 aliphatic rings. The highest BCUT2D eigenvalue weighted by Gasteiger charge is 2.34. The molecule has 0 radical (unpaired) electrons. The number of carbonyl (C=O) groups excluding carboxylic acids is 1. The van der Waals surface area contributed by atoms with Crippen molar-refractivity contribution in [3.05, 3.63) is 28.5 Å². The van der Waals surface area contributed by atoms with E-state index in [2.05, 4.69) is 4.98 Å². The summed E-state index contributed by atoms with van der Waals surface area (Å²) in [6.45, 7) is 4.08. The normalized spacial score (nSPS) is 20.9. The summed E-state index contributed by atoms with van der Waals surface area (Å²) in [6.07, 6.45) is 0.500. The van der Waals surface area contributed by atoms with E-state index < -0.39 is 9.84 Å². The molecule has 1 atom stereocenters. The van der Waals surface area contributed by atoms with E-state index in [1.807, 2.05) is 6.92 Å². The first-order chi connectivity index (χ1) is 9.32. The maximum Gasteiger partial charge on any atom is 0.254 e. The van der Waals surface area contributed by atoms with Crippen LogP contribution < -0.4 is 0 Å². The number of aryl methyl sites for hydroxylation is 1. The highest BCUT2D eigenvalue weighted by molar-refractivity contribution is 7.91. The number of sulfone groups is 1. The minimum absolute atomic E-state index is 0.0460. The summed E-state index contributed by atoms with van der Waals surface area (Å²) in [4.78, 5) is 18.2. The monoisotopic (exact) mass is 316 g/mol. The number of aromatic nitrogens is 1. The number of carbonyl (C=O) groups is 1. The van der Waals surface area contributed by atoms with Gasteiger partial charge in [0.25, 0.3) is 5.91 Å². The Bertz CT molecular complexity index is 610. The number of pyridine rings is 1. The molecule has 0 saturated carbocycles. The Morgan fingerprint density at radius 3 is 2.70 bits per heavy atom. The zero-order chi connectivity index (χ0) is 14.9. The van der Waals surface area contributed by atoms with Crippen molar-refractivity contribution in [3.8, 4) is 0 Å². The Hall–Kier alpha value is -1.14. The van der Waals surface area contributed by atoms with Crippen molar-refractivity contribution in [2.45, 2.75) is 26.3 Å². The number of nitrogens with zero attached hydrogens (tertiary/aromatic N) is 2. The molecular formula is C13H17ClN2O3S. The SMILES string of the molecule is CCN(C(=O)c1cc(C)nc(Cl)c1)C1CCS(=O)(=O)C1. The van der Waals surface area contributed by atoms with Gasteiger partial charge < -0.3 is 4.90 Å². The van der Waals surface area contributed by atoms with Crippen molar-refractivity contribution in [2.75, 3.05) is 18.1 Å². The molecular weight excluding hydrogens is 300 g/mol. The first-order valence-electron chi connectivity index (χ1n) is 6.48. The highest BCUT2D eigenvalue weighted by Crippen LogP contribution is 2.21. The van der Waals surface area contributed by atoms with Gasteiger partial charge in [0.15, 0.2) is 9.84 Å². The zero-order valence-electron chi connectivity index (χ0n) is 11.5. The number of rotatable bonds is 3. The fraction of sp³-hybridized carbons (Fsp3) is 0.538. The van der Waals surface area contributed by atoms with Crippen LogP contribution in [-0.4, -0.2) is 48.3 Å². The van der Waals surface area contributed by atoms with Crippen LogP contribution in [0.1, 0.15) is 29.4 Å². The largest absolute Gasteiger partial charge is 0.335 e. The van der Waals surface area contributed by atoms with Crippen molar-refractivity contribution in [1.82, 2.24) is 9.88 Å². The van der Waals surface area contributed by atoms with Crippen LogP contribution in [0.25, 0.3) is 0 Å². The third kappa shape index (κ3) is 3.30. The van der Waals surface area contributed by atoms with Crippen LogP contribution in [0.3, 0.4) is 0 Å². The number of halogens is 1. The van der Waals surface area contributed by atoms with Crippen molar-refractivity contribution in [1.29, 1.82) is 0 Å². The predicted molar refractivity (Wildman–Crippen MR) is 77.8 cm³/mol. The standard InChI is InChI=1S/C13H17ClN2O3S/c1-3-16(11-4-5-20(18,19)8-11)13(17)10-6-9(2)15-12(14)7-10/h6-7,11H,3-5,8H2,1-2H3. The maximum atomic E-state index is 12.5. The predicted octanol–water partition coefficient (Wildman–Crippen LogP) is 1.69. The molecule has 2 rings (SSSR count). The smallest absolute Gasteiger partial charge is 0.254 e. The van der Waals surface area contributed by atoms with Gasteiger partial charge in [-0.15, -0.1) is 0 Å². The summed E-state index contributed by atoms with van der Waals surface area (Å²) in [5.74, 6) is 0.00379. The lowest BCUT2D eigenvalue weighted by Crippen LogP contribution is -2.41. The Labute approximate surface area is 123 Å². The molecule has 0 N–H and O–H groups in total. The molecule has 1 unspecified atom stereocenters. The van der Waals surface area contributed by atoms with Crippen LogP contribution in [0.15, 0.2) is 12.1 Å². The van der Waals surface area contributed by atoms with Crippen LogP contribution in [0.2, 0.25) is 5.15 Å². The van der Waals surface area contributed by atoms with Gasteiger partial charge >= 0.3 is 0 Å². The third-order valence-corrected chi connectivity index (χ3v) is 5.36. The summed E-state index contributed by atoms with van der Waals surface area (Å²) in [6, 6.07) is 2.94. The van der Waals surface area contributed by atoms with E-state index in [0.717, 1.165) is 0 Å². The molecule has 20 heavy (non-hydrogen) atoms. The second-order valence-corrected chi connectivity index (χ2v) is 7.58. The minimum Gasteiger partial charge on any atom is -0.335 e. The Balaban J connectivity index is 2.25. The lowest BCUT2D eigenvalue weighted by molar-refractivity contribution is 0.0708. The molecule has 1 amide bonds. The van der Waals surface area contributed by atoms with E-state index in [9.17, 15) is 13.2 Å². The molecule has 0 spiro atoms. The molecule has 1 aliphatic heterocycles. The van der Waals surface area contributed by atoms with Gasteiger partial charge in [-0.1, -0.05) is 11.6 Å². The number of hydrogen-bond acceptors (Lipinski definition) is 4. The number of amides is 1. The van der Waals surface area contributed by atoms with Gasteiger partial charge in [0.05, 0.1) is 11.5 Å². The van der Waals surface area contributed by atoms with Crippen LogP contribution >= 0.6 is 11.6 Å². The lowest BCUT2D eigenvalue weighted by Gasteiger charge is -2.27. The van der Waals surface area contributed by atoms with Gasteiger partial charge in [-0.05, 0) is 32.4 Å². The van der Waals surface area contributed by atoms with E-state index in [1.54, 1.807) is 17.9 Å². The van der Waals surface area contributed by atoms with Gasteiger partial charge in [0, 0.05) is 23.8 Å². The number of hydrogen-bond donors (Lipinski definition) is 0. The summed E-state index contributed by atoms with van der Waals surface area (Å²) < 4.78 is 23.1. The molecule has 5 nitrogen and oxygen atoms in total. The Kier molecular flexibility index (Phi) is 4.34. The third-order valence-electron chi connectivity index (χ3n) is 3.42. The molecule has 7 heteroatoms. The fourth-order valence-corrected chi connectivity index (χ4v) is 4.49. The fourth-order valence-electron chi connectivity index (χ4n) is 2.51.